The van der Waals surface area contributed by atoms with Crippen LogP contribution in [0.5, 0.6) is 0 Å². The van der Waals surface area contributed by atoms with Crippen LogP contribution in [-0.4, -0.2) is 39.3 Å². The van der Waals surface area contributed by atoms with Crippen LogP contribution in [-0.2, 0) is 23.0 Å². The second-order valence-electron chi connectivity index (χ2n) is 9.43. The van der Waals surface area contributed by atoms with Crippen molar-refractivity contribution in [3.63, 3.8) is 0 Å². The van der Waals surface area contributed by atoms with Crippen molar-refractivity contribution in [2.45, 2.75) is 23.0 Å². The lowest BCUT2D eigenvalue weighted by atomic mass is 10.0. The minimum atomic E-state index is -0.579. The van der Waals surface area contributed by atoms with E-state index in [4.69, 9.17) is 0 Å². The molecule has 0 N–H and O–H groups in total. The quantitative estimate of drug-likeness (QED) is 0.243. The lowest BCUT2D eigenvalue weighted by molar-refractivity contribution is 0.276. The van der Waals surface area contributed by atoms with Gasteiger partial charge >= 0.3 is 0 Å². The van der Waals surface area contributed by atoms with Gasteiger partial charge in [-0.3, -0.25) is 19.2 Å². The number of hydrogen-bond acceptors (Lipinski definition) is 8. The molecule has 0 spiro atoms. The van der Waals surface area contributed by atoms with Crippen molar-refractivity contribution >= 4 is 128 Å². The van der Waals surface area contributed by atoms with E-state index in [0.29, 0.717) is 23.0 Å². The highest BCUT2D eigenvalue weighted by molar-refractivity contribution is 8.48. The van der Waals surface area contributed by atoms with Crippen molar-refractivity contribution < 1.29 is 19.2 Å². The first-order valence-corrected chi connectivity index (χ1v) is 23.2. The van der Waals surface area contributed by atoms with Gasteiger partial charge in [-0.05, 0) is 65.4 Å². The van der Waals surface area contributed by atoms with Crippen molar-refractivity contribution in [3.8, 4) is 0 Å². The van der Waals surface area contributed by atoms with E-state index < -0.39 is 41.9 Å². The summed E-state index contributed by atoms with van der Waals surface area (Å²) in [4.78, 5) is 52.4. The maximum Gasteiger partial charge on any atom is 0.244 e. The van der Waals surface area contributed by atoms with Gasteiger partial charge in [0.15, 0.2) is 0 Å². The highest BCUT2D eigenvalue weighted by Crippen LogP contribution is 2.38. The minimum absolute atomic E-state index is 0.0857. The Hall–Kier alpha value is -1.90. The van der Waals surface area contributed by atoms with Gasteiger partial charge in [0.25, 0.3) is 0 Å². The zero-order valence-corrected chi connectivity index (χ0v) is 31.0. The van der Waals surface area contributed by atoms with Gasteiger partial charge in [0, 0.05) is 23.0 Å². The molecule has 0 saturated heterocycles. The predicted octanol–water partition coefficient (Wildman–Crippen LogP) is 11.7. The van der Waals surface area contributed by atoms with Crippen molar-refractivity contribution in [2.75, 3.05) is 0 Å². The lowest BCUT2D eigenvalue weighted by Gasteiger charge is -2.17. The third-order valence-electron chi connectivity index (χ3n) is 6.36. The summed E-state index contributed by atoms with van der Waals surface area (Å²) in [6, 6.07) is 4.17. The molecule has 5 rings (SSSR count). The Bertz CT molecular complexity index is 1550. The van der Waals surface area contributed by atoms with Crippen LogP contribution in [0, 0.1) is 0 Å². The number of benzene rings is 1. The molecular formula is C34H30O4S8. The molecule has 1 aromatic carbocycles. The predicted molar refractivity (Wildman–Crippen MR) is 221 cm³/mol. The zero-order valence-electron chi connectivity index (χ0n) is 24.4. The van der Waals surface area contributed by atoms with Gasteiger partial charge in [0.2, 0.25) is 17.8 Å². The molecule has 12 heteroatoms. The molecule has 0 aliphatic carbocycles. The molecule has 0 radical (unpaired) electrons. The molecule has 4 aliphatic rings. The lowest BCUT2D eigenvalue weighted by Crippen LogP contribution is -2.02. The van der Waals surface area contributed by atoms with Crippen LogP contribution in [0.2, 0.25) is 0 Å². The molecule has 4 unspecified atom stereocenters. The van der Waals surface area contributed by atoms with E-state index in [0.717, 1.165) is 22.3 Å². The molecule has 46 heavy (non-hydrogen) atoms. The number of carbonyl (C=O) groups is 4. The summed E-state index contributed by atoms with van der Waals surface area (Å²) in [6.07, 6.45) is 22.8. The third kappa shape index (κ3) is 10.6. The maximum absolute atomic E-state index is 13.1. The van der Waals surface area contributed by atoms with E-state index in [1.807, 2.05) is 116 Å². The normalized spacial score (nSPS) is 22.1. The molecular weight excluding hydrogens is 729 g/mol. The van der Waals surface area contributed by atoms with E-state index in [2.05, 4.69) is 12.1 Å². The van der Waals surface area contributed by atoms with E-state index >= 15 is 0 Å². The standard InChI is InChI=1S/C34H30O4S8/c35-31(43-13-5-1-6-14-43)39-23-27-21-29(25-41-33(37)45-17-9-3-10-18-45)30(26-42-34(38)46-19-11-4-12-20-46)22-28(27)24-40-32(36)44-15-7-2-8-16-44/h1-22H,23-26H2. The van der Waals surface area contributed by atoms with E-state index in [1.54, 1.807) is 0 Å². The topological polar surface area (TPSA) is 68.3 Å². The molecule has 238 valence electrons. The molecule has 1 aromatic rings. The molecule has 4 nitrogen and oxygen atoms in total. The molecule has 4 atom stereocenters. The Labute approximate surface area is 296 Å². The first kappa shape index (κ1) is 35.4. The van der Waals surface area contributed by atoms with Gasteiger partial charge in [-0.15, -0.1) is 0 Å². The first-order chi connectivity index (χ1) is 22.5. The number of thioether (sulfide) groups is 4. The van der Waals surface area contributed by atoms with Gasteiger partial charge < -0.3 is 0 Å². The highest BCUT2D eigenvalue weighted by atomic mass is 32.2. The van der Waals surface area contributed by atoms with Crippen LogP contribution in [0.25, 0.3) is 0 Å². The first-order valence-electron chi connectivity index (χ1n) is 13.9. The highest BCUT2D eigenvalue weighted by Gasteiger charge is 2.18. The van der Waals surface area contributed by atoms with Crippen LogP contribution in [0.3, 0.4) is 0 Å². The average molecular weight is 759 g/mol. The van der Waals surface area contributed by atoms with Crippen LogP contribution in [0.15, 0.2) is 107 Å². The van der Waals surface area contributed by atoms with Crippen LogP contribution < -0.4 is 0 Å². The van der Waals surface area contributed by atoms with Crippen molar-refractivity contribution in [1.82, 2.24) is 0 Å². The largest absolute Gasteiger partial charge is 0.275 e. The molecule has 0 aromatic heterocycles. The fourth-order valence-corrected chi connectivity index (χ4v) is 13.8. The van der Waals surface area contributed by atoms with Gasteiger partial charge in [-0.25, -0.2) is 0 Å². The molecule has 4 aliphatic heterocycles. The zero-order chi connectivity index (χ0) is 32.1. The van der Waals surface area contributed by atoms with Gasteiger partial charge in [-0.2, -0.15) is 0 Å². The second kappa shape index (κ2) is 18.6. The Morgan fingerprint density at radius 3 is 0.804 bits per heavy atom. The Kier molecular flexibility index (Phi) is 14.3. The van der Waals surface area contributed by atoms with Crippen LogP contribution >= 0.6 is 89.0 Å². The van der Waals surface area contributed by atoms with Crippen molar-refractivity contribution in [3.05, 3.63) is 129 Å². The Morgan fingerprint density at radius 1 is 0.370 bits per heavy atom. The number of carbonyl (C=O) groups excluding carboxylic acids is 4. The summed E-state index contributed by atoms with van der Waals surface area (Å²) in [7, 11) is -2.32. The number of hydrogen-bond donors (Lipinski definition) is 0. The summed E-state index contributed by atoms with van der Waals surface area (Å²) < 4.78 is 0.343. The Balaban J connectivity index is 1.42. The van der Waals surface area contributed by atoms with Crippen LogP contribution in [0.4, 0.5) is 19.2 Å². The average Bonchev–Trinajstić information content (AvgIpc) is 3.12. The molecule has 0 bridgehead atoms. The second-order valence-corrected chi connectivity index (χ2v) is 20.9. The molecule has 0 fully saturated rings. The van der Waals surface area contributed by atoms with Crippen molar-refractivity contribution in [2.24, 2.45) is 0 Å². The number of allylic oxidation sites excluding steroid dienone is 12. The summed E-state index contributed by atoms with van der Waals surface area (Å²) in [5.74, 6) is 1.82. The summed E-state index contributed by atoms with van der Waals surface area (Å²) >= 11 is 5.12. The van der Waals surface area contributed by atoms with Gasteiger partial charge in [0.1, 0.15) is 0 Å². The molecule has 4 heterocycles. The number of rotatable bonds is 8. The molecule has 0 saturated carbocycles. The SMILES string of the molecule is O=C(SCc1cc(CSC(=O)S2=CC=CC=C2)c(CSC(=O)S2=CC=CC=C2)cc1CSC(=O)S1=CC=CC=C1)S1=CC=CC=C1. The third-order valence-corrected chi connectivity index (χ3v) is 18.0. The van der Waals surface area contributed by atoms with Gasteiger partial charge in [0.05, 0.1) is 0 Å². The summed E-state index contributed by atoms with van der Waals surface area (Å²) in [5, 5.41) is 15.3. The maximum atomic E-state index is 13.1. The fourth-order valence-electron chi connectivity index (χ4n) is 4.07. The van der Waals surface area contributed by atoms with Crippen molar-refractivity contribution in [1.29, 1.82) is 0 Å². The molecule has 0 amide bonds. The summed E-state index contributed by atoms with van der Waals surface area (Å²) in [5.41, 5.74) is 3.88. The minimum Gasteiger partial charge on any atom is -0.275 e. The Morgan fingerprint density at radius 2 is 0.609 bits per heavy atom. The van der Waals surface area contributed by atoms with E-state index in [1.165, 1.54) is 47.0 Å². The van der Waals surface area contributed by atoms with Crippen LogP contribution in [0.1, 0.15) is 22.3 Å². The summed E-state index contributed by atoms with van der Waals surface area (Å²) in [6.45, 7) is 0. The monoisotopic (exact) mass is 758 g/mol. The fraction of sp³-hybridized carbons (Fsp3) is 0.118. The van der Waals surface area contributed by atoms with Gasteiger partial charge in [-0.1, -0.05) is 174 Å². The smallest absolute Gasteiger partial charge is 0.244 e. The van der Waals surface area contributed by atoms with E-state index in [9.17, 15) is 19.2 Å². The van der Waals surface area contributed by atoms with E-state index in [-0.39, 0.29) is 17.8 Å².